The van der Waals surface area contributed by atoms with Gasteiger partial charge in [0.15, 0.2) is 17.5 Å². The lowest BCUT2D eigenvalue weighted by atomic mass is 9.98. The summed E-state index contributed by atoms with van der Waals surface area (Å²) in [6, 6.07) is 76.8. The van der Waals surface area contributed by atoms with Crippen LogP contribution >= 0.6 is 11.3 Å². The van der Waals surface area contributed by atoms with Crippen molar-refractivity contribution in [2.24, 2.45) is 0 Å². The van der Waals surface area contributed by atoms with E-state index in [4.69, 9.17) is 19.9 Å². The molecule has 3 aromatic heterocycles. The van der Waals surface area contributed by atoms with Gasteiger partial charge in [0, 0.05) is 48.5 Å². The molecule has 0 N–H and O–H groups in total. The summed E-state index contributed by atoms with van der Waals surface area (Å²) in [7, 11) is 0. The Balaban J connectivity index is 0.901. The van der Waals surface area contributed by atoms with Crippen molar-refractivity contribution < 1.29 is 0 Å². The molecule has 0 aliphatic heterocycles. The summed E-state index contributed by atoms with van der Waals surface area (Å²) >= 11 is 1.82. The summed E-state index contributed by atoms with van der Waals surface area (Å²) in [4.78, 5) is 20.6. The maximum atomic E-state index is 5.43. The highest BCUT2D eigenvalue weighted by Crippen LogP contribution is 2.44. The Morgan fingerprint density at radius 2 is 0.667 bits per heavy atom. The van der Waals surface area contributed by atoms with Crippen LogP contribution < -0.4 is 0 Å². The summed E-state index contributed by atoms with van der Waals surface area (Å²) in [6.07, 6.45) is 0. The van der Waals surface area contributed by atoms with Crippen molar-refractivity contribution in [3.8, 4) is 78.8 Å². The van der Waals surface area contributed by atoms with E-state index in [-0.39, 0.29) is 0 Å². The molecule has 4 nitrogen and oxygen atoms in total. The van der Waals surface area contributed by atoms with E-state index in [2.05, 4.69) is 206 Å². The first-order valence-corrected chi connectivity index (χ1v) is 21.9. The lowest BCUT2D eigenvalue weighted by Gasteiger charge is -2.11. The average Bonchev–Trinajstić information content (AvgIpc) is 3.77. The highest BCUT2D eigenvalue weighted by Gasteiger charge is 2.18. The second kappa shape index (κ2) is 15.4. The van der Waals surface area contributed by atoms with Crippen molar-refractivity contribution in [2.45, 2.75) is 0 Å². The van der Waals surface area contributed by atoms with Crippen molar-refractivity contribution in [1.29, 1.82) is 0 Å². The molecule has 5 heteroatoms. The van der Waals surface area contributed by atoms with Crippen LogP contribution in [-0.2, 0) is 0 Å². The topological polar surface area (TPSA) is 51.6 Å². The van der Waals surface area contributed by atoms with Gasteiger partial charge in [0.05, 0.1) is 15.9 Å². The van der Waals surface area contributed by atoms with Crippen molar-refractivity contribution in [3.63, 3.8) is 0 Å². The van der Waals surface area contributed by atoms with Gasteiger partial charge in [-0.3, -0.25) is 0 Å². The van der Waals surface area contributed by atoms with E-state index in [1.54, 1.807) is 0 Å². The molecule has 0 spiro atoms. The van der Waals surface area contributed by atoms with Gasteiger partial charge in [0.1, 0.15) is 0 Å². The Morgan fingerprint density at radius 3 is 1.17 bits per heavy atom. The van der Waals surface area contributed by atoms with Gasteiger partial charge in [0.2, 0.25) is 0 Å². The minimum atomic E-state index is 0.624. The highest BCUT2D eigenvalue weighted by atomic mass is 32.1. The van der Waals surface area contributed by atoms with Crippen molar-refractivity contribution in [1.82, 2.24) is 19.9 Å². The van der Waals surface area contributed by atoms with E-state index in [1.807, 2.05) is 23.5 Å². The Morgan fingerprint density at radius 1 is 0.270 bits per heavy atom. The third-order valence-corrected chi connectivity index (χ3v) is 13.2. The molecule has 0 aliphatic rings. The van der Waals surface area contributed by atoms with Gasteiger partial charge >= 0.3 is 0 Å². The molecule has 3 heterocycles. The zero-order valence-corrected chi connectivity index (χ0v) is 34.8. The van der Waals surface area contributed by atoms with Crippen LogP contribution in [0.4, 0.5) is 0 Å². The molecular formula is C58H36N4S. The number of rotatable bonds is 7. The van der Waals surface area contributed by atoms with Crippen molar-refractivity contribution >= 4 is 53.2 Å². The first-order chi connectivity index (χ1) is 31.2. The maximum absolute atomic E-state index is 5.43. The van der Waals surface area contributed by atoms with Gasteiger partial charge < -0.3 is 0 Å². The van der Waals surface area contributed by atoms with Gasteiger partial charge in [-0.1, -0.05) is 212 Å². The van der Waals surface area contributed by atoms with Crippen LogP contribution in [0.1, 0.15) is 0 Å². The quantitative estimate of drug-likeness (QED) is 0.150. The minimum Gasteiger partial charge on any atom is -0.246 e. The second-order valence-electron chi connectivity index (χ2n) is 15.8. The number of hydrogen-bond acceptors (Lipinski definition) is 5. The molecule has 63 heavy (non-hydrogen) atoms. The van der Waals surface area contributed by atoms with Gasteiger partial charge in [0.25, 0.3) is 0 Å². The summed E-state index contributed by atoms with van der Waals surface area (Å²) in [5.74, 6) is 1.88. The molecular weight excluding hydrogens is 785 g/mol. The second-order valence-corrected chi connectivity index (χ2v) is 16.8. The fourth-order valence-corrected chi connectivity index (χ4v) is 9.92. The van der Waals surface area contributed by atoms with Crippen molar-refractivity contribution in [3.05, 3.63) is 218 Å². The molecule has 12 rings (SSSR count). The molecule has 0 saturated heterocycles. The lowest BCUT2D eigenvalue weighted by molar-refractivity contribution is 1.07. The number of thiophene rings is 1. The Kier molecular flexibility index (Phi) is 8.98. The monoisotopic (exact) mass is 820 g/mol. The first-order valence-electron chi connectivity index (χ1n) is 21.1. The average molecular weight is 821 g/mol. The van der Waals surface area contributed by atoms with Crippen LogP contribution in [-0.4, -0.2) is 19.9 Å². The molecule has 294 valence electrons. The highest BCUT2D eigenvalue weighted by molar-refractivity contribution is 7.26. The van der Waals surface area contributed by atoms with Gasteiger partial charge in [-0.2, -0.15) is 0 Å². The SMILES string of the molecule is c1ccc(-c2ccc(-c3nc(-c4ccc(-c5ccccc5)cc4)nc(-c4ccc(-c5ccc(-c6nc7c8ccccc8ccc7c7c6sc6ccccc67)cc5)cc4)n3)cc2)cc1. The Bertz CT molecular complexity index is 3520. The molecule has 0 saturated carbocycles. The minimum absolute atomic E-state index is 0.624. The predicted molar refractivity (Wildman–Crippen MR) is 264 cm³/mol. The van der Waals surface area contributed by atoms with E-state index in [0.29, 0.717) is 17.5 Å². The van der Waals surface area contributed by atoms with E-state index in [1.165, 1.54) is 47.5 Å². The van der Waals surface area contributed by atoms with Crippen LogP contribution in [0.25, 0.3) is 121 Å². The maximum Gasteiger partial charge on any atom is 0.164 e. The standard InChI is InChI=1S/C58H36N4S/c1-3-11-37(12-4-1)39-21-29-45(30-22-39)56-60-57(46-31-23-40(24-32-46)38-13-5-2-6-14-38)62-58(61-56)47-33-25-42(26-34-47)41-19-27-44(28-20-41)53-55-52(49-17-9-10-18-51(49)63-55)50-36-35-43-15-7-8-16-48(43)54(50)59-53/h1-36H. The normalized spacial score (nSPS) is 11.5. The lowest BCUT2D eigenvalue weighted by Crippen LogP contribution is -2.00. The molecule has 0 fully saturated rings. The van der Waals surface area contributed by atoms with E-state index < -0.39 is 0 Å². The number of pyridine rings is 1. The molecule has 9 aromatic carbocycles. The summed E-state index contributed by atoms with van der Waals surface area (Å²) in [5.41, 5.74) is 12.8. The van der Waals surface area contributed by atoms with Gasteiger partial charge in [-0.15, -0.1) is 11.3 Å². The third-order valence-electron chi connectivity index (χ3n) is 12.0. The van der Waals surface area contributed by atoms with E-state index in [9.17, 15) is 0 Å². The molecule has 0 unspecified atom stereocenters. The van der Waals surface area contributed by atoms with Crippen LogP contribution in [0, 0.1) is 0 Å². The molecule has 0 bridgehead atoms. The van der Waals surface area contributed by atoms with Crippen LogP contribution in [0.3, 0.4) is 0 Å². The Hall–Kier alpha value is -8.12. The predicted octanol–water partition coefficient (Wildman–Crippen LogP) is 15.6. The van der Waals surface area contributed by atoms with Crippen LogP contribution in [0.2, 0.25) is 0 Å². The van der Waals surface area contributed by atoms with E-state index >= 15 is 0 Å². The first kappa shape index (κ1) is 36.7. The number of nitrogens with zero attached hydrogens (tertiary/aromatic N) is 4. The molecule has 0 amide bonds. The van der Waals surface area contributed by atoms with Gasteiger partial charge in [-0.25, -0.2) is 19.9 Å². The zero-order valence-electron chi connectivity index (χ0n) is 34.0. The fraction of sp³-hybridized carbons (Fsp3) is 0. The number of hydrogen-bond donors (Lipinski definition) is 0. The largest absolute Gasteiger partial charge is 0.246 e. The zero-order chi connectivity index (χ0) is 41.7. The number of aromatic nitrogens is 4. The van der Waals surface area contributed by atoms with Crippen LogP contribution in [0.15, 0.2) is 218 Å². The smallest absolute Gasteiger partial charge is 0.164 e. The number of fused-ring (bicyclic) bond motifs is 7. The van der Waals surface area contributed by atoms with Crippen molar-refractivity contribution in [2.75, 3.05) is 0 Å². The summed E-state index contributed by atoms with van der Waals surface area (Å²) in [5, 5.41) is 6.11. The van der Waals surface area contributed by atoms with Crippen LogP contribution in [0.5, 0.6) is 0 Å². The third kappa shape index (κ3) is 6.72. The Labute approximate surface area is 368 Å². The summed E-state index contributed by atoms with van der Waals surface area (Å²) in [6.45, 7) is 0. The molecule has 0 radical (unpaired) electrons. The molecule has 0 atom stereocenters. The number of benzene rings is 9. The van der Waals surface area contributed by atoms with E-state index in [0.717, 1.165) is 55.7 Å². The fourth-order valence-electron chi connectivity index (χ4n) is 8.70. The van der Waals surface area contributed by atoms with Gasteiger partial charge in [-0.05, 0) is 44.8 Å². The molecule has 0 aliphatic carbocycles. The summed E-state index contributed by atoms with van der Waals surface area (Å²) < 4.78 is 2.48. The molecule has 12 aromatic rings.